The van der Waals surface area contributed by atoms with Crippen molar-refractivity contribution in [2.24, 2.45) is 5.73 Å². The Kier molecular flexibility index (Phi) is 3.88. The van der Waals surface area contributed by atoms with Gasteiger partial charge in [0.2, 0.25) is 5.91 Å². The summed E-state index contributed by atoms with van der Waals surface area (Å²) in [5.41, 5.74) is 5.35. The molecular formula is C14H16F3N5O. The molecule has 1 aliphatic heterocycles. The van der Waals surface area contributed by atoms with Crippen LogP contribution in [0.15, 0.2) is 24.5 Å². The minimum absolute atomic E-state index is 0.226. The van der Waals surface area contributed by atoms with Crippen LogP contribution in [0, 0.1) is 0 Å². The SMILES string of the molecule is NC(=O)CN1CCN(c2ccc3nc(C(F)(F)F)cn3c2)CC1. The highest BCUT2D eigenvalue weighted by atomic mass is 19.4. The Bertz CT molecular complexity index is 719. The van der Waals surface area contributed by atoms with Gasteiger partial charge in [-0.15, -0.1) is 0 Å². The smallest absolute Gasteiger partial charge is 0.369 e. The van der Waals surface area contributed by atoms with Crippen LogP contribution in [0.3, 0.4) is 0 Å². The first kappa shape index (κ1) is 15.6. The Morgan fingerprint density at radius 3 is 2.48 bits per heavy atom. The lowest BCUT2D eigenvalue weighted by atomic mass is 10.2. The van der Waals surface area contributed by atoms with Gasteiger partial charge in [-0.3, -0.25) is 9.69 Å². The van der Waals surface area contributed by atoms with Crippen LogP contribution >= 0.6 is 0 Å². The van der Waals surface area contributed by atoms with Crippen LogP contribution in [-0.2, 0) is 11.0 Å². The number of carbonyl (C=O) groups is 1. The van der Waals surface area contributed by atoms with E-state index in [1.807, 2.05) is 4.90 Å². The fourth-order valence-electron chi connectivity index (χ4n) is 2.69. The van der Waals surface area contributed by atoms with Crippen molar-refractivity contribution in [3.63, 3.8) is 0 Å². The van der Waals surface area contributed by atoms with Gasteiger partial charge >= 0.3 is 6.18 Å². The van der Waals surface area contributed by atoms with Crippen LogP contribution in [0.1, 0.15) is 5.69 Å². The number of carbonyl (C=O) groups excluding carboxylic acids is 1. The molecule has 0 bridgehead atoms. The second-order valence-corrected chi connectivity index (χ2v) is 5.51. The summed E-state index contributed by atoms with van der Waals surface area (Å²) >= 11 is 0. The number of alkyl halides is 3. The number of primary amides is 1. The first-order valence-corrected chi connectivity index (χ1v) is 7.14. The molecule has 3 rings (SSSR count). The maximum atomic E-state index is 12.7. The zero-order valence-corrected chi connectivity index (χ0v) is 12.3. The Labute approximate surface area is 130 Å². The van der Waals surface area contributed by atoms with Crippen LogP contribution in [-0.4, -0.2) is 52.9 Å². The highest BCUT2D eigenvalue weighted by molar-refractivity contribution is 5.76. The maximum absolute atomic E-state index is 12.7. The largest absolute Gasteiger partial charge is 0.434 e. The predicted octanol–water partition coefficient (Wildman–Crippen LogP) is 0.960. The molecule has 3 heterocycles. The van der Waals surface area contributed by atoms with Gasteiger partial charge in [0.25, 0.3) is 0 Å². The lowest BCUT2D eigenvalue weighted by molar-refractivity contribution is -0.140. The summed E-state index contributed by atoms with van der Waals surface area (Å²) in [5.74, 6) is -0.363. The van der Waals surface area contributed by atoms with E-state index >= 15 is 0 Å². The van der Waals surface area contributed by atoms with E-state index in [0.717, 1.165) is 11.9 Å². The van der Waals surface area contributed by atoms with Gasteiger partial charge in [0.1, 0.15) is 5.65 Å². The summed E-state index contributed by atoms with van der Waals surface area (Å²) in [6.07, 6.45) is -1.82. The molecule has 2 aromatic rings. The standard InChI is InChI=1S/C14H16F3N5O/c15-14(16,17)11-8-22-7-10(1-2-13(22)19-11)21-5-3-20(4-6-21)9-12(18)23/h1-2,7-8H,3-6,9H2,(H2,18,23). The molecule has 23 heavy (non-hydrogen) atoms. The second-order valence-electron chi connectivity index (χ2n) is 5.51. The molecule has 0 radical (unpaired) electrons. The Morgan fingerprint density at radius 1 is 1.17 bits per heavy atom. The van der Waals surface area contributed by atoms with Gasteiger partial charge in [0.15, 0.2) is 5.69 Å². The van der Waals surface area contributed by atoms with Crippen molar-refractivity contribution >= 4 is 17.2 Å². The number of pyridine rings is 1. The van der Waals surface area contributed by atoms with E-state index in [1.165, 1.54) is 4.40 Å². The molecule has 0 spiro atoms. The van der Waals surface area contributed by atoms with Crippen molar-refractivity contribution in [3.05, 3.63) is 30.2 Å². The third kappa shape index (κ3) is 3.39. The zero-order valence-electron chi connectivity index (χ0n) is 12.3. The lowest BCUT2D eigenvalue weighted by Gasteiger charge is -2.35. The molecule has 124 valence electrons. The van der Waals surface area contributed by atoms with Crippen molar-refractivity contribution < 1.29 is 18.0 Å². The Balaban J connectivity index is 1.75. The van der Waals surface area contributed by atoms with E-state index in [0.29, 0.717) is 26.2 Å². The van der Waals surface area contributed by atoms with Crippen LogP contribution in [0.25, 0.3) is 5.65 Å². The topological polar surface area (TPSA) is 66.9 Å². The molecule has 1 aliphatic rings. The molecule has 2 aromatic heterocycles. The molecule has 1 saturated heterocycles. The normalized spacial score (nSPS) is 16.9. The fraction of sp³-hybridized carbons (Fsp3) is 0.429. The van der Waals surface area contributed by atoms with Crippen LogP contribution in [0.4, 0.5) is 18.9 Å². The number of hydrogen-bond acceptors (Lipinski definition) is 4. The summed E-state index contributed by atoms with van der Waals surface area (Å²) < 4.78 is 39.5. The molecule has 0 aromatic carbocycles. The molecule has 0 atom stereocenters. The first-order valence-electron chi connectivity index (χ1n) is 7.14. The van der Waals surface area contributed by atoms with E-state index in [9.17, 15) is 18.0 Å². The fourth-order valence-corrected chi connectivity index (χ4v) is 2.69. The second kappa shape index (κ2) is 5.73. The highest BCUT2D eigenvalue weighted by Crippen LogP contribution is 2.29. The van der Waals surface area contributed by atoms with E-state index in [1.54, 1.807) is 18.3 Å². The van der Waals surface area contributed by atoms with Gasteiger partial charge in [-0.05, 0) is 12.1 Å². The number of anilines is 1. The van der Waals surface area contributed by atoms with Crippen LogP contribution in [0.2, 0.25) is 0 Å². The molecule has 1 amide bonds. The molecule has 0 saturated carbocycles. The zero-order chi connectivity index (χ0) is 16.6. The summed E-state index contributed by atoms with van der Waals surface area (Å²) in [6, 6.07) is 3.33. The van der Waals surface area contributed by atoms with Crippen molar-refractivity contribution in [2.75, 3.05) is 37.6 Å². The summed E-state index contributed by atoms with van der Waals surface area (Å²) in [7, 11) is 0. The minimum atomic E-state index is -4.45. The number of imidazole rings is 1. The third-order valence-corrected chi connectivity index (χ3v) is 3.84. The van der Waals surface area contributed by atoms with E-state index in [2.05, 4.69) is 9.88 Å². The van der Waals surface area contributed by atoms with Gasteiger partial charge in [0, 0.05) is 38.6 Å². The lowest BCUT2D eigenvalue weighted by Crippen LogP contribution is -2.48. The average molecular weight is 327 g/mol. The number of nitrogens with zero attached hydrogens (tertiary/aromatic N) is 4. The van der Waals surface area contributed by atoms with E-state index in [-0.39, 0.29) is 18.1 Å². The van der Waals surface area contributed by atoms with Crippen molar-refractivity contribution in [1.82, 2.24) is 14.3 Å². The number of nitrogens with two attached hydrogens (primary N) is 1. The van der Waals surface area contributed by atoms with Gasteiger partial charge in [-0.1, -0.05) is 0 Å². The molecule has 1 fully saturated rings. The number of amides is 1. The van der Waals surface area contributed by atoms with Gasteiger partial charge < -0.3 is 15.0 Å². The van der Waals surface area contributed by atoms with Gasteiger partial charge in [0.05, 0.1) is 12.2 Å². The number of hydrogen-bond donors (Lipinski definition) is 1. The monoisotopic (exact) mass is 327 g/mol. The summed E-state index contributed by atoms with van der Waals surface area (Å²) in [5, 5.41) is 0. The van der Waals surface area contributed by atoms with Gasteiger partial charge in [-0.25, -0.2) is 4.98 Å². The van der Waals surface area contributed by atoms with Crippen molar-refractivity contribution in [2.45, 2.75) is 6.18 Å². The molecule has 0 aliphatic carbocycles. The van der Waals surface area contributed by atoms with Crippen LogP contribution in [0.5, 0.6) is 0 Å². The molecular weight excluding hydrogens is 311 g/mol. The molecule has 6 nitrogen and oxygen atoms in total. The molecule has 9 heteroatoms. The third-order valence-electron chi connectivity index (χ3n) is 3.84. The van der Waals surface area contributed by atoms with Crippen molar-refractivity contribution in [3.8, 4) is 0 Å². The number of rotatable bonds is 3. The summed E-state index contributed by atoms with van der Waals surface area (Å²) in [4.78, 5) is 18.5. The number of piperazine rings is 1. The number of halogens is 3. The quantitative estimate of drug-likeness (QED) is 0.912. The highest BCUT2D eigenvalue weighted by Gasteiger charge is 2.34. The van der Waals surface area contributed by atoms with Crippen molar-refractivity contribution in [1.29, 1.82) is 0 Å². The van der Waals surface area contributed by atoms with Gasteiger partial charge in [-0.2, -0.15) is 13.2 Å². The Hall–Kier alpha value is -2.29. The molecule has 2 N–H and O–H groups in total. The van der Waals surface area contributed by atoms with Crippen LogP contribution < -0.4 is 10.6 Å². The van der Waals surface area contributed by atoms with E-state index < -0.39 is 11.9 Å². The number of fused-ring (bicyclic) bond motifs is 1. The predicted molar refractivity (Wildman–Crippen MR) is 78.0 cm³/mol. The average Bonchev–Trinajstić information content (AvgIpc) is 2.90. The molecule has 0 unspecified atom stereocenters. The minimum Gasteiger partial charge on any atom is -0.369 e. The number of aromatic nitrogens is 2. The summed E-state index contributed by atoms with van der Waals surface area (Å²) in [6.45, 7) is 2.94. The Morgan fingerprint density at radius 2 is 1.87 bits per heavy atom. The maximum Gasteiger partial charge on any atom is 0.434 e. The first-order chi connectivity index (χ1) is 10.8. The van der Waals surface area contributed by atoms with E-state index in [4.69, 9.17) is 5.73 Å².